The zero-order valence-electron chi connectivity index (χ0n) is 10.8. The van der Waals surface area contributed by atoms with E-state index in [0.29, 0.717) is 19.1 Å². The summed E-state index contributed by atoms with van der Waals surface area (Å²) in [6.45, 7) is 8.24. The van der Waals surface area contributed by atoms with Gasteiger partial charge in [0.25, 0.3) is 0 Å². The van der Waals surface area contributed by atoms with E-state index in [-0.39, 0.29) is 0 Å². The van der Waals surface area contributed by atoms with Crippen LogP contribution in [-0.4, -0.2) is 57.1 Å². The predicted molar refractivity (Wildman–Crippen MR) is 70.8 cm³/mol. The van der Waals surface area contributed by atoms with Gasteiger partial charge in [0, 0.05) is 33.9 Å². The largest absolute Gasteiger partial charge is 0.383 e. The van der Waals surface area contributed by atoms with Gasteiger partial charge < -0.3 is 19.7 Å². The number of rotatable bonds is 8. The molecule has 96 valence electrons. The van der Waals surface area contributed by atoms with Gasteiger partial charge >= 0.3 is 0 Å². The second-order valence-electron chi connectivity index (χ2n) is 4.06. The molecule has 0 spiro atoms. The molecule has 0 aliphatic heterocycles. The molecule has 0 atom stereocenters. The molecule has 0 fully saturated rings. The molecular weight excluding hydrogens is 224 g/mol. The van der Waals surface area contributed by atoms with Gasteiger partial charge in [-0.3, -0.25) is 0 Å². The van der Waals surface area contributed by atoms with E-state index in [0.717, 1.165) is 24.7 Å². The van der Waals surface area contributed by atoms with Crippen molar-refractivity contribution < 1.29 is 9.47 Å². The summed E-state index contributed by atoms with van der Waals surface area (Å²) in [6.07, 6.45) is 0. The maximum Gasteiger partial charge on any atom is 0.169 e. The Hall–Kier alpha value is -0.390. The second kappa shape index (κ2) is 9.81. The third-order valence-corrected chi connectivity index (χ3v) is 2.42. The van der Waals surface area contributed by atoms with Crippen LogP contribution in [0.25, 0.3) is 0 Å². The van der Waals surface area contributed by atoms with E-state index in [4.69, 9.17) is 21.7 Å². The van der Waals surface area contributed by atoms with Crippen LogP contribution in [0.4, 0.5) is 0 Å². The summed E-state index contributed by atoms with van der Waals surface area (Å²) in [5.74, 6) is 0.582. The molecule has 0 saturated carbocycles. The Morgan fingerprint density at radius 1 is 1.25 bits per heavy atom. The van der Waals surface area contributed by atoms with Gasteiger partial charge in [-0.1, -0.05) is 13.8 Å². The quantitative estimate of drug-likeness (QED) is 0.514. The van der Waals surface area contributed by atoms with Crippen LogP contribution in [0.2, 0.25) is 0 Å². The number of hydrogen-bond donors (Lipinski definition) is 1. The normalized spacial score (nSPS) is 10.6. The summed E-state index contributed by atoms with van der Waals surface area (Å²) in [7, 11) is 3.39. The SMILES string of the molecule is COCCNC(=S)N(CCOC)CC(C)C. The number of nitrogens with one attached hydrogen (secondary N) is 1. The van der Waals surface area contributed by atoms with Crippen molar-refractivity contribution in [3.8, 4) is 0 Å². The Balaban J connectivity index is 3.99. The topological polar surface area (TPSA) is 33.7 Å². The number of ether oxygens (including phenoxy) is 2. The molecular formula is C11H24N2O2S. The summed E-state index contributed by atoms with van der Waals surface area (Å²) in [5, 5.41) is 3.96. The monoisotopic (exact) mass is 248 g/mol. The first-order valence-corrected chi connectivity index (χ1v) is 6.03. The fourth-order valence-corrected chi connectivity index (χ4v) is 1.56. The van der Waals surface area contributed by atoms with E-state index in [2.05, 4.69) is 24.1 Å². The summed E-state index contributed by atoms with van der Waals surface area (Å²) in [4.78, 5) is 2.14. The fourth-order valence-electron chi connectivity index (χ4n) is 1.29. The molecule has 0 bridgehead atoms. The molecule has 0 aliphatic rings. The molecule has 1 N–H and O–H groups in total. The van der Waals surface area contributed by atoms with Crippen LogP contribution in [0, 0.1) is 5.92 Å². The highest BCUT2D eigenvalue weighted by atomic mass is 32.1. The molecule has 0 aliphatic carbocycles. The molecule has 0 aromatic rings. The van der Waals surface area contributed by atoms with Crippen LogP contribution in [0.3, 0.4) is 0 Å². The average Bonchev–Trinajstić information content (AvgIpc) is 2.23. The number of methoxy groups -OCH3 is 2. The predicted octanol–water partition coefficient (Wildman–Crippen LogP) is 1.11. The Kier molecular flexibility index (Phi) is 9.57. The zero-order valence-corrected chi connectivity index (χ0v) is 11.6. The molecule has 0 radical (unpaired) electrons. The van der Waals surface area contributed by atoms with E-state index in [1.54, 1.807) is 14.2 Å². The van der Waals surface area contributed by atoms with Gasteiger partial charge in [0.1, 0.15) is 0 Å². The minimum absolute atomic E-state index is 0.582. The number of hydrogen-bond acceptors (Lipinski definition) is 3. The first kappa shape index (κ1) is 15.6. The lowest BCUT2D eigenvalue weighted by molar-refractivity contribution is 0.170. The highest BCUT2D eigenvalue weighted by Gasteiger charge is 2.10. The van der Waals surface area contributed by atoms with Gasteiger partial charge in [0.15, 0.2) is 5.11 Å². The summed E-state index contributed by atoms with van der Waals surface area (Å²) in [5.41, 5.74) is 0. The van der Waals surface area contributed by atoms with Crippen molar-refractivity contribution in [3.05, 3.63) is 0 Å². The van der Waals surface area contributed by atoms with Crippen molar-refractivity contribution >= 4 is 17.3 Å². The third kappa shape index (κ3) is 7.84. The maximum atomic E-state index is 5.32. The molecule has 4 nitrogen and oxygen atoms in total. The van der Waals surface area contributed by atoms with E-state index < -0.39 is 0 Å². The van der Waals surface area contributed by atoms with Crippen LogP contribution < -0.4 is 5.32 Å². The molecule has 0 rings (SSSR count). The van der Waals surface area contributed by atoms with Crippen LogP contribution >= 0.6 is 12.2 Å². The average molecular weight is 248 g/mol. The Labute approximate surface area is 104 Å². The van der Waals surface area contributed by atoms with E-state index >= 15 is 0 Å². The lowest BCUT2D eigenvalue weighted by atomic mass is 10.2. The van der Waals surface area contributed by atoms with Gasteiger partial charge in [0.05, 0.1) is 13.2 Å². The molecule has 0 saturated heterocycles. The first-order valence-electron chi connectivity index (χ1n) is 5.62. The minimum atomic E-state index is 0.582. The van der Waals surface area contributed by atoms with Crippen molar-refractivity contribution in [3.63, 3.8) is 0 Å². The molecule has 0 aromatic carbocycles. The Morgan fingerprint density at radius 2 is 1.88 bits per heavy atom. The van der Waals surface area contributed by atoms with Crippen LogP contribution in [-0.2, 0) is 9.47 Å². The van der Waals surface area contributed by atoms with Crippen molar-refractivity contribution in [2.75, 3.05) is 47.1 Å². The number of nitrogens with zero attached hydrogens (tertiary/aromatic N) is 1. The smallest absolute Gasteiger partial charge is 0.169 e. The highest BCUT2D eigenvalue weighted by molar-refractivity contribution is 7.80. The number of thiocarbonyl (C=S) groups is 1. The molecule has 5 heteroatoms. The van der Waals surface area contributed by atoms with E-state index in [9.17, 15) is 0 Å². The highest BCUT2D eigenvalue weighted by Crippen LogP contribution is 1.99. The molecule has 0 heterocycles. The van der Waals surface area contributed by atoms with Crippen molar-refractivity contribution in [1.82, 2.24) is 10.2 Å². The second-order valence-corrected chi connectivity index (χ2v) is 4.44. The van der Waals surface area contributed by atoms with Crippen molar-refractivity contribution in [2.45, 2.75) is 13.8 Å². The molecule has 0 unspecified atom stereocenters. The maximum absolute atomic E-state index is 5.32. The Morgan fingerprint density at radius 3 is 2.38 bits per heavy atom. The van der Waals surface area contributed by atoms with E-state index in [1.807, 2.05) is 0 Å². The van der Waals surface area contributed by atoms with Gasteiger partial charge in [0.2, 0.25) is 0 Å². The van der Waals surface area contributed by atoms with Gasteiger partial charge in [-0.2, -0.15) is 0 Å². The first-order chi connectivity index (χ1) is 7.61. The zero-order chi connectivity index (χ0) is 12.4. The third-order valence-electron chi connectivity index (χ3n) is 2.02. The molecule has 0 aromatic heterocycles. The van der Waals surface area contributed by atoms with Crippen LogP contribution in [0.5, 0.6) is 0 Å². The Bertz CT molecular complexity index is 189. The summed E-state index contributed by atoms with van der Waals surface area (Å²) >= 11 is 5.32. The summed E-state index contributed by atoms with van der Waals surface area (Å²) < 4.78 is 10.0. The summed E-state index contributed by atoms with van der Waals surface area (Å²) in [6, 6.07) is 0. The minimum Gasteiger partial charge on any atom is -0.383 e. The molecule has 0 amide bonds. The van der Waals surface area contributed by atoms with Gasteiger partial charge in [-0.05, 0) is 18.1 Å². The molecule has 16 heavy (non-hydrogen) atoms. The van der Waals surface area contributed by atoms with E-state index in [1.165, 1.54) is 0 Å². The van der Waals surface area contributed by atoms with Crippen molar-refractivity contribution in [2.24, 2.45) is 5.92 Å². The lowest BCUT2D eigenvalue weighted by Crippen LogP contribution is -2.44. The van der Waals surface area contributed by atoms with Gasteiger partial charge in [-0.25, -0.2) is 0 Å². The lowest BCUT2D eigenvalue weighted by Gasteiger charge is -2.27. The van der Waals surface area contributed by atoms with Crippen LogP contribution in [0.15, 0.2) is 0 Å². The van der Waals surface area contributed by atoms with Crippen molar-refractivity contribution in [1.29, 1.82) is 0 Å². The van der Waals surface area contributed by atoms with Crippen LogP contribution in [0.1, 0.15) is 13.8 Å². The standard InChI is InChI=1S/C11H24N2O2S/c1-10(2)9-13(6-8-15-4)11(16)12-5-7-14-3/h10H,5-9H2,1-4H3,(H,12,16). The van der Waals surface area contributed by atoms with Gasteiger partial charge in [-0.15, -0.1) is 0 Å². The fraction of sp³-hybridized carbons (Fsp3) is 0.909.